The number of para-hydroxylation sites is 1. The summed E-state index contributed by atoms with van der Waals surface area (Å²) in [5.74, 6) is 1.17. The normalized spacial score (nSPS) is 13.0. The summed E-state index contributed by atoms with van der Waals surface area (Å²) in [5, 5.41) is 3.30. The number of ether oxygens (including phenoxy) is 2. The third-order valence-corrected chi connectivity index (χ3v) is 4.08. The molecule has 6 nitrogen and oxygen atoms in total. The molecule has 0 bridgehead atoms. The van der Waals surface area contributed by atoms with Crippen LogP contribution < -0.4 is 14.8 Å². The standard InChI is InChI=1S/C17H14ClN3O3/c18-11-3-1-2-4-12(11)20-17(22)9-21-10-19-13-7-15-16(8-14(13)21)24-6-5-23-15/h1-4,7-8,10H,5-6,9H2,(H,20,22). The van der Waals surface area contributed by atoms with Crippen LogP contribution in [0.15, 0.2) is 42.7 Å². The van der Waals surface area contributed by atoms with Crippen molar-refractivity contribution in [3.8, 4) is 11.5 Å². The number of benzene rings is 2. The van der Waals surface area contributed by atoms with E-state index in [-0.39, 0.29) is 12.5 Å². The van der Waals surface area contributed by atoms with Gasteiger partial charge in [0.05, 0.1) is 28.1 Å². The molecule has 24 heavy (non-hydrogen) atoms. The van der Waals surface area contributed by atoms with E-state index in [1.807, 2.05) is 24.3 Å². The molecule has 3 aromatic rings. The SMILES string of the molecule is O=C(Cn1cnc2cc3c(cc21)OCCO3)Nc1ccccc1Cl. The number of carbonyl (C=O) groups is 1. The Kier molecular flexibility index (Phi) is 3.74. The predicted octanol–water partition coefficient (Wildman–Crippen LogP) is 3.10. The average molecular weight is 344 g/mol. The molecule has 2 heterocycles. The molecule has 0 atom stereocenters. The maximum absolute atomic E-state index is 12.3. The Hall–Kier alpha value is -2.73. The fraction of sp³-hybridized carbons (Fsp3) is 0.176. The van der Waals surface area contributed by atoms with Crippen LogP contribution >= 0.6 is 11.6 Å². The molecule has 1 N–H and O–H groups in total. The molecule has 1 aliphatic rings. The number of halogens is 1. The minimum Gasteiger partial charge on any atom is -0.486 e. The summed E-state index contributed by atoms with van der Waals surface area (Å²) in [5.41, 5.74) is 2.15. The Labute approximate surface area is 143 Å². The first kappa shape index (κ1) is 14.8. The number of anilines is 1. The van der Waals surface area contributed by atoms with Crippen LogP contribution in [-0.4, -0.2) is 28.7 Å². The first-order valence-corrected chi connectivity index (χ1v) is 7.87. The lowest BCUT2D eigenvalue weighted by atomic mass is 10.2. The molecule has 0 unspecified atom stereocenters. The Morgan fingerprint density at radius 2 is 1.96 bits per heavy atom. The van der Waals surface area contributed by atoms with Crippen LogP contribution in [-0.2, 0) is 11.3 Å². The van der Waals surface area contributed by atoms with Gasteiger partial charge in [-0.1, -0.05) is 23.7 Å². The number of rotatable bonds is 3. The summed E-state index contributed by atoms with van der Waals surface area (Å²) in [4.78, 5) is 16.6. The van der Waals surface area contributed by atoms with E-state index >= 15 is 0 Å². The maximum Gasteiger partial charge on any atom is 0.244 e. The summed E-state index contributed by atoms with van der Waals surface area (Å²) < 4.78 is 12.9. The van der Waals surface area contributed by atoms with Gasteiger partial charge in [-0.2, -0.15) is 0 Å². The number of fused-ring (bicyclic) bond motifs is 2. The lowest BCUT2D eigenvalue weighted by Gasteiger charge is -2.18. The number of aromatic nitrogens is 2. The van der Waals surface area contributed by atoms with Crippen molar-refractivity contribution in [1.29, 1.82) is 0 Å². The molecule has 0 spiro atoms. The molecular formula is C17H14ClN3O3. The topological polar surface area (TPSA) is 65.4 Å². The summed E-state index contributed by atoms with van der Waals surface area (Å²) in [6.07, 6.45) is 1.63. The molecule has 0 fully saturated rings. The number of nitrogens with one attached hydrogen (secondary N) is 1. The van der Waals surface area contributed by atoms with Crippen molar-refractivity contribution in [2.24, 2.45) is 0 Å². The van der Waals surface area contributed by atoms with Crippen molar-refractivity contribution in [3.05, 3.63) is 47.7 Å². The van der Waals surface area contributed by atoms with E-state index in [2.05, 4.69) is 10.3 Å². The zero-order valence-electron chi connectivity index (χ0n) is 12.7. The van der Waals surface area contributed by atoms with Gasteiger partial charge < -0.3 is 19.4 Å². The van der Waals surface area contributed by atoms with E-state index in [1.54, 1.807) is 23.0 Å². The molecule has 1 aliphatic heterocycles. The molecule has 4 rings (SSSR count). The van der Waals surface area contributed by atoms with Crippen LogP contribution in [0, 0.1) is 0 Å². The van der Waals surface area contributed by atoms with E-state index in [0.29, 0.717) is 35.4 Å². The van der Waals surface area contributed by atoms with Crippen molar-refractivity contribution in [2.75, 3.05) is 18.5 Å². The quantitative estimate of drug-likeness (QED) is 0.793. The summed E-state index contributed by atoms with van der Waals surface area (Å²) in [6.45, 7) is 1.17. The second kappa shape index (κ2) is 6.05. The molecular weight excluding hydrogens is 330 g/mol. The molecule has 0 radical (unpaired) electrons. The fourth-order valence-electron chi connectivity index (χ4n) is 2.63. The average Bonchev–Trinajstić information content (AvgIpc) is 2.97. The second-order valence-corrected chi connectivity index (χ2v) is 5.79. The van der Waals surface area contributed by atoms with Gasteiger partial charge in [0.1, 0.15) is 19.8 Å². The third kappa shape index (κ3) is 2.76. The molecule has 0 aliphatic carbocycles. The summed E-state index contributed by atoms with van der Waals surface area (Å²) in [7, 11) is 0. The van der Waals surface area contributed by atoms with E-state index in [1.165, 1.54) is 0 Å². The lowest BCUT2D eigenvalue weighted by Crippen LogP contribution is -2.18. The van der Waals surface area contributed by atoms with E-state index in [4.69, 9.17) is 21.1 Å². The van der Waals surface area contributed by atoms with Gasteiger partial charge in [0.25, 0.3) is 0 Å². The van der Waals surface area contributed by atoms with Crippen LogP contribution in [0.4, 0.5) is 5.69 Å². The highest BCUT2D eigenvalue weighted by Gasteiger charge is 2.16. The highest BCUT2D eigenvalue weighted by molar-refractivity contribution is 6.33. The number of hydrogen-bond acceptors (Lipinski definition) is 4. The van der Waals surface area contributed by atoms with Gasteiger partial charge in [0.15, 0.2) is 11.5 Å². The largest absolute Gasteiger partial charge is 0.486 e. The van der Waals surface area contributed by atoms with E-state index < -0.39 is 0 Å². The summed E-state index contributed by atoms with van der Waals surface area (Å²) in [6, 6.07) is 10.8. The monoisotopic (exact) mass is 343 g/mol. The van der Waals surface area contributed by atoms with Gasteiger partial charge in [0, 0.05) is 12.1 Å². The number of carbonyl (C=O) groups excluding carboxylic acids is 1. The number of imidazole rings is 1. The predicted molar refractivity (Wildman–Crippen MR) is 90.8 cm³/mol. The van der Waals surface area contributed by atoms with Gasteiger partial charge in [0.2, 0.25) is 5.91 Å². The van der Waals surface area contributed by atoms with Crippen molar-refractivity contribution in [2.45, 2.75) is 6.54 Å². The zero-order chi connectivity index (χ0) is 16.5. The number of hydrogen-bond donors (Lipinski definition) is 1. The van der Waals surface area contributed by atoms with Crippen LogP contribution in [0.25, 0.3) is 11.0 Å². The van der Waals surface area contributed by atoms with Crippen LogP contribution in [0.2, 0.25) is 5.02 Å². The van der Waals surface area contributed by atoms with Crippen LogP contribution in [0.5, 0.6) is 11.5 Å². The second-order valence-electron chi connectivity index (χ2n) is 5.39. The zero-order valence-corrected chi connectivity index (χ0v) is 13.4. The minimum absolute atomic E-state index is 0.126. The minimum atomic E-state index is -0.183. The number of nitrogens with zero attached hydrogens (tertiary/aromatic N) is 2. The maximum atomic E-state index is 12.3. The number of amides is 1. The Morgan fingerprint density at radius 3 is 2.75 bits per heavy atom. The highest BCUT2D eigenvalue weighted by atomic mass is 35.5. The Bertz CT molecular complexity index is 923. The summed E-state index contributed by atoms with van der Waals surface area (Å²) >= 11 is 6.06. The fourth-order valence-corrected chi connectivity index (χ4v) is 2.81. The van der Waals surface area contributed by atoms with Crippen molar-refractivity contribution < 1.29 is 14.3 Å². The van der Waals surface area contributed by atoms with Crippen LogP contribution in [0.1, 0.15) is 0 Å². The van der Waals surface area contributed by atoms with Gasteiger partial charge >= 0.3 is 0 Å². The smallest absolute Gasteiger partial charge is 0.244 e. The van der Waals surface area contributed by atoms with Gasteiger partial charge in [-0.05, 0) is 12.1 Å². The van der Waals surface area contributed by atoms with Crippen molar-refractivity contribution in [1.82, 2.24) is 9.55 Å². The highest BCUT2D eigenvalue weighted by Crippen LogP contribution is 2.34. The van der Waals surface area contributed by atoms with E-state index in [9.17, 15) is 4.79 Å². The first-order chi connectivity index (χ1) is 11.7. The first-order valence-electron chi connectivity index (χ1n) is 7.49. The van der Waals surface area contributed by atoms with Gasteiger partial charge in [-0.15, -0.1) is 0 Å². The molecule has 0 saturated heterocycles. The third-order valence-electron chi connectivity index (χ3n) is 3.75. The van der Waals surface area contributed by atoms with E-state index in [0.717, 1.165) is 11.0 Å². The molecule has 0 saturated carbocycles. The molecule has 1 aromatic heterocycles. The lowest BCUT2D eigenvalue weighted by molar-refractivity contribution is -0.116. The van der Waals surface area contributed by atoms with Crippen LogP contribution in [0.3, 0.4) is 0 Å². The Morgan fingerprint density at radius 1 is 1.21 bits per heavy atom. The van der Waals surface area contributed by atoms with Crippen molar-refractivity contribution >= 4 is 34.2 Å². The Balaban J connectivity index is 1.58. The molecule has 122 valence electrons. The molecule has 7 heteroatoms. The molecule has 1 amide bonds. The molecule has 2 aromatic carbocycles. The van der Waals surface area contributed by atoms with Gasteiger partial charge in [-0.3, -0.25) is 4.79 Å². The van der Waals surface area contributed by atoms with Crippen molar-refractivity contribution in [3.63, 3.8) is 0 Å². The van der Waals surface area contributed by atoms with Gasteiger partial charge in [-0.25, -0.2) is 4.98 Å².